The zero-order valence-corrected chi connectivity index (χ0v) is 20.5. The van der Waals surface area contributed by atoms with Gasteiger partial charge in [-0.2, -0.15) is 5.10 Å². The number of anilines is 1. The third-order valence-corrected chi connectivity index (χ3v) is 6.83. The summed E-state index contributed by atoms with van der Waals surface area (Å²) in [5.74, 6) is -2.21. The van der Waals surface area contributed by atoms with E-state index in [2.05, 4.69) is 10.4 Å². The summed E-state index contributed by atoms with van der Waals surface area (Å²) in [6.07, 6.45) is -0.803. The van der Waals surface area contributed by atoms with Gasteiger partial charge in [0.1, 0.15) is 34.8 Å². The van der Waals surface area contributed by atoms with Crippen LogP contribution in [0.2, 0.25) is 0 Å². The van der Waals surface area contributed by atoms with Gasteiger partial charge in [0, 0.05) is 25.2 Å². The first-order valence-corrected chi connectivity index (χ1v) is 12.0. The third-order valence-electron chi connectivity index (χ3n) is 6.83. The standard InChI is InChI=1S/C26H26F2N6O4/c1-38-20-7-6-15(27)8-18(20)25(36)31-10-13-2-4-14(5-3-13)22-21(24(30)35)23(29)34(32-22)16-11-33(12-16)26(37)17-9-19(17)28/h2-8,16-17,19H,9-12,29H2,1H3,(H2,30,35)(H,31,36)/t17-,19-/m0/s1. The Bertz CT molecular complexity index is 1420. The van der Waals surface area contributed by atoms with Crippen molar-refractivity contribution >= 4 is 23.5 Å². The molecule has 2 aromatic carbocycles. The molecule has 0 bridgehead atoms. The van der Waals surface area contributed by atoms with Gasteiger partial charge in [0.25, 0.3) is 11.8 Å². The first kappa shape index (κ1) is 25.2. The van der Waals surface area contributed by atoms with Crippen LogP contribution in [0.25, 0.3) is 11.3 Å². The number of nitrogen functional groups attached to an aromatic ring is 1. The maximum Gasteiger partial charge on any atom is 0.255 e. The van der Waals surface area contributed by atoms with Gasteiger partial charge in [-0.3, -0.25) is 14.4 Å². The minimum absolute atomic E-state index is 0.0695. The number of aromatic nitrogens is 2. The molecular weight excluding hydrogens is 498 g/mol. The quantitative estimate of drug-likeness (QED) is 0.411. The molecule has 1 aromatic heterocycles. The van der Waals surface area contributed by atoms with Crippen molar-refractivity contribution in [2.75, 3.05) is 25.9 Å². The predicted molar refractivity (Wildman–Crippen MR) is 133 cm³/mol. The summed E-state index contributed by atoms with van der Waals surface area (Å²) in [4.78, 5) is 38.5. The summed E-state index contributed by atoms with van der Waals surface area (Å²) in [5.41, 5.74) is 13.6. The highest BCUT2D eigenvalue weighted by Gasteiger charge is 2.48. The van der Waals surface area contributed by atoms with E-state index in [4.69, 9.17) is 16.2 Å². The first-order chi connectivity index (χ1) is 18.2. The molecule has 10 nitrogen and oxygen atoms in total. The lowest BCUT2D eigenvalue weighted by atomic mass is 10.0. The summed E-state index contributed by atoms with van der Waals surface area (Å²) in [6, 6.07) is 10.4. The fraction of sp³-hybridized carbons (Fsp3) is 0.308. The molecule has 2 atom stereocenters. The second kappa shape index (κ2) is 9.77. The van der Waals surface area contributed by atoms with Gasteiger partial charge in [-0.15, -0.1) is 0 Å². The Hall–Kier alpha value is -4.48. The smallest absolute Gasteiger partial charge is 0.255 e. The minimum atomic E-state index is -1.06. The van der Waals surface area contributed by atoms with E-state index in [9.17, 15) is 23.2 Å². The maximum atomic E-state index is 13.6. The number of halogens is 2. The molecule has 1 aliphatic carbocycles. The minimum Gasteiger partial charge on any atom is -0.496 e. The normalized spacial score (nSPS) is 18.6. The maximum absolute atomic E-state index is 13.6. The number of nitrogens with two attached hydrogens (primary N) is 2. The highest BCUT2D eigenvalue weighted by atomic mass is 19.1. The molecule has 2 aliphatic rings. The third kappa shape index (κ3) is 4.64. The SMILES string of the molecule is COc1ccc(F)cc1C(=O)NCc1ccc(-c2nn(C3CN(C(=O)[C@H]4C[C@@H]4F)C3)c(N)c2C(N)=O)cc1. The molecule has 2 fully saturated rings. The van der Waals surface area contributed by atoms with Crippen LogP contribution in [0.1, 0.15) is 38.7 Å². The van der Waals surface area contributed by atoms with Crippen molar-refractivity contribution in [3.05, 3.63) is 65.0 Å². The number of likely N-dealkylation sites (tertiary alicyclic amines) is 1. The van der Waals surface area contributed by atoms with E-state index in [1.54, 1.807) is 29.2 Å². The Labute approximate surface area is 216 Å². The summed E-state index contributed by atoms with van der Waals surface area (Å²) >= 11 is 0. The molecule has 198 valence electrons. The van der Waals surface area contributed by atoms with Crippen LogP contribution in [0.5, 0.6) is 5.75 Å². The molecule has 1 saturated heterocycles. The average Bonchev–Trinajstić information content (AvgIpc) is 3.51. The van der Waals surface area contributed by atoms with E-state index >= 15 is 0 Å². The van der Waals surface area contributed by atoms with E-state index in [1.165, 1.54) is 23.9 Å². The average molecular weight is 525 g/mol. The van der Waals surface area contributed by atoms with Crippen molar-refractivity contribution in [1.82, 2.24) is 20.0 Å². The molecule has 5 rings (SSSR count). The van der Waals surface area contributed by atoms with Crippen molar-refractivity contribution in [3.63, 3.8) is 0 Å². The van der Waals surface area contributed by atoms with Gasteiger partial charge < -0.3 is 26.4 Å². The van der Waals surface area contributed by atoms with Gasteiger partial charge in [-0.1, -0.05) is 24.3 Å². The van der Waals surface area contributed by atoms with E-state index in [0.29, 0.717) is 24.3 Å². The summed E-state index contributed by atoms with van der Waals surface area (Å²) in [7, 11) is 1.40. The second-order valence-corrected chi connectivity index (χ2v) is 9.40. The van der Waals surface area contributed by atoms with Gasteiger partial charge in [0.05, 0.1) is 24.6 Å². The summed E-state index contributed by atoms with van der Waals surface area (Å²) in [5, 5.41) is 7.25. The first-order valence-electron chi connectivity index (χ1n) is 12.0. The Morgan fingerprint density at radius 2 is 1.84 bits per heavy atom. The van der Waals surface area contributed by atoms with Crippen molar-refractivity contribution in [2.24, 2.45) is 11.7 Å². The zero-order chi connectivity index (χ0) is 27.1. The van der Waals surface area contributed by atoms with Crippen LogP contribution in [0.15, 0.2) is 42.5 Å². The number of nitrogens with one attached hydrogen (secondary N) is 1. The van der Waals surface area contributed by atoms with Crippen LogP contribution < -0.4 is 21.5 Å². The number of rotatable bonds is 8. The molecule has 1 saturated carbocycles. The van der Waals surface area contributed by atoms with Crippen LogP contribution in [0.3, 0.4) is 0 Å². The highest BCUT2D eigenvalue weighted by Crippen LogP contribution is 2.39. The van der Waals surface area contributed by atoms with Crippen LogP contribution in [0, 0.1) is 11.7 Å². The molecule has 3 aromatic rings. The predicted octanol–water partition coefficient (Wildman–Crippen LogP) is 2.05. The van der Waals surface area contributed by atoms with Crippen molar-refractivity contribution in [1.29, 1.82) is 0 Å². The number of hydrogen-bond acceptors (Lipinski definition) is 6. The molecule has 12 heteroatoms. The van der Waals surface area contributed by atoms with Crippen LogP contribution >= 0.6 is 0 Å². The topological polar surface area (TPSA) is 146 Å². The number of methoxy groups -OCH3 is 1. The molecule has 0 radical (unpaired) electrons. The number of ether oxygens (including phenoxy) is 1. The van der Waals surface area contributed by atoms with Crippen LogP contribution in [0.4, 0.5) is 14.6 Å². The molecule has 38 heavy (non-hydrogen) atoms. The number of primary amides is 1. The molecule has 3 amide bonds. The summed E-state index contributed by atoms with van der Waals surface area (Å²) in [6.45, 7) is 0.797. The lowest BCUT2D eigenvalue weighted by Crippen LogP contribution is -2.52. The fourth-order valence-corrected chi connectivity index (χ4v) is 4.53. The molecule has 1 aliphatic heterocycles. The molecule has 0 spiro atoms. The van der Waals surface area contributed by atoms with Gasteiger partial charge in [0.2, 0.25) is 5.91 Å². The number of carbonyl (C=O) groups excluding carboxylic acids is 3. The number of benzene rings is 2. The molecular formula is C26H26F2N6O4. The second-order valence-electron chi connectivity index (χ2n) is 9.40. The van der Waals surface area contributed by atoms with E-state index in [0.717, 1.165) is 11.6 Å². The highest BCUT2D eigenvalue weighted by molar-refractivity contribution is 6.03. The monoisotopic (exact) mass is 524 g/mol. The zero-order valence-electron chi connectivity index (χ0n) is 20.5. The molecule has 2 heterocycles. The lowest BCUT2D eigenvalue weighted by molar-refractivity contribution is -0.139. The van der Waals surface area contributed by atoms with E-state index in [1.807, 2.05) is 0 Å². The fourth-order valence-electron chi connectivity index (χ4n) is 4.53. The van der Waals surface area contributed by atoms with E-state index in [-0.39, 0.29) is 47.6 Å². The number of hydrogen-bond donors (Lipinski definition) is 3. The number of amides is 3. The molecule has 0 unspecified atom stereocenters. The van der Waals surface area contributed by atoms with Crippen LogP contribution in [-0.4, -0.2) is 58.8 Å². The van der Waals surface area contributed by atoms with E-state index < -0.39 is 29.7 Å². The van der Waals surface area contributed by atoms with Crippen molar-refractivity contribution < 1.29 is 27.9 Å². The Balaban J connectivity index is 1.29. The Morgan fingerprint density at radius 1 is 1.16 bits per heavy atom. The van der Waals surface area contributed by atoms with Crippen molar-refractivity contribution in [2.45, 2.75) is 25.2 Å². The molecule has 5 N–H and O–H groups in total. The van der Waals surface area contributed by atoms with Gasteiger partial charge in [-0.05, 0) is 30.2 Å². The largest absolute Gasteiger partial charge is 0.496 e. The summed E-state index contributed by atoms with van der Waals surface area (Å²) < 4.78 is 33.4. The Kier molecular flexibility index (Phi) is 6.47. The number of nitrogens with zero attached hydrogens (tertiary/aromatic N) is 3. The van der Waals surface area contributed by atoms with Crippen LogP contribution in [-0.2, 0) is 11.3 Å². The van der Waals surface area contributed by atoms with Gasteiger partial charge in [0.15, 0.2) is 0 Å². The van der Waals surface area contributed by atoms with Gasteiger partial charge in [-0.25, -0.2) is 13.5 Å². The number of alkyl halides is 1. The van der Waals surface area contributed by atoms with Gasteiger partial charge >= 0.3 is 0 Å². The van der Waals surface area contributed by atoms with Crippen molar-refractivity contribution in [3.8, 4) is 17.0 Å². The lowest BCUT2D eigenvalue weighted by Gasteiger charge is -2.39. The number of carbonyl (C=O) groups is 3. The Morgan fingerprint density at radius 3 is 2.45 bits per heavy atom.